The Bertz CT molecular complexity index is 1400. The molecule has 0 aliphatic carbocycles. The highest BCUT2D eigenvalue weighted by Crippen LogP contribution is 2.49. The SMILES string of the molecule is COC(C)(C)C.Cc1cnc2c(c1)CN(S(C)=O)c1c(C)c(CC(=O)O)c(-c3ccc(Cl)cc3O)c(C)c1-2. The molecule has 3 aromatic rings. The number of carboxylic acids is 1. The topological polar surface area (TPSA) is 100.0 Å². The van der Waals surface area contributed by atoms with Gasteiger partial charge in [-0.1, -0.05) is 17.7 Å². The van der Waals surface area contributed by atoms with E-state index in [2.05, 4.69) is 0 Å². The summed E-state index contributed by atoms with van der Waals surface area (Å²) in [6.07, 6.45) is 3.17. The number of aromatic hydroxyl groups is 1. The summed E-state index contributed by atoms with van der Waals surface area (Å²) >= 11 is 6.05. The van der Waals surface area contributed by atoms with Crippen LogP contribution in [-0.4, -0.2) is 44.3 Å². The molecule has 0 amide bonds. The van der Waals surface area contributed by atoms with Crippen molar-refractivity contribution in [2.45, 2.75) is 60.1 Å². The number of halogens is 1. The average Bonchev–Trinajstić information content (AvgIpc) is 2.81. The van der Waals surface area contributed by atoms with Crippen molar-refractivity contribution in [1.29, 1.82) is 0 Å². The molecule has 38 heavy (non-hydrogen) atoms. The number of anilines is 1. The summed E-state index contributed by atoms with van der Waals surface area (Å²) < 4.78 is 19.5. The number of carbonyl (C=O) groups is 1. The fraction of sp³-hybridized carbons (Fsp3) is 0.379. The van der Waals surface area contributed by atoms with E-state index in [1.807, 2.05) is 47.6 Å². The van der Waals surface area contributed by atoms with E-state index in [4.69, 9.17) is 21.3 Å². The van der Waals surface area contributed by atoms with Crippen LogP contribution in [0.15, 0.2) is 30.5 Å². The molecule has 1 atom stereocenters. The number of hydrogen-bond acceptors (Lipinski definition) is 5. The highest BCUT2D eigenvalue weighted by atomic mass is 35.5. The zero-order chi connectivity index (χ0) is 28.5. The number of pyridine rings is 1. The number of nitrogens with zero attached hydrogens (tertiary/aromatic N) is 2. The highest BCUT2D eigenvalue weighted by Gasteiger charge is 2.33. The Morgan fingerprint density at radius 1 is 1.16 bits per heavy atom. The molecular weight excluding hydrogens is 524 g/mol. The summed E-state index contributed by atoms with van der Waals surface area (Å²) in [7, 11) is 0.374. The molecule has 4 rings (SSSR count). The molecule has 1 aliphatic heterocycles. The van der Waals surface area contributed by atoms with Crippen molar-refractivity contribution in [1.82, 2.24) is 4.98 Å². The number of phenols is 1. The summed E-state index contributed by atoms with van der Waals surface area (Å²) in [4.78, 5) is 16.5. The van der Waals surface area contributed by atoms with Crippen LogP contribution in [0.3, 0.4) is 0 Å². The number of fused-ring (bicyclic) bond motifs is 3. The maximum absolute atomic E-state index is 12.7. The van der Waals surface area contributed by atoms with Crippen molar-refractivity contribution in [3.63, 3.8) is 0 Å². The number of aryl methyl sites for hydroxylation is 1. The third-order valence-electron chi connectivity index (χ3n) is 6.48. The Morgan fingerprint density at radius 3 is 2.32 bits per heavy atom. The molecule has 2 aromatic carbocycles. The third-order valence-corrected chi connectivity index (χ3v) is 7.65. The van der Waals surface area contributed by atoms with Crippen LogP contribution in [0, 0.1) is 20.8 Å². The molecule has 9 heteroatoms. The fourth-order valence-electron chi connectivity index (χ4n) is 4.53. The normalized spacial score (nSPS) is 13.2. The lowest BCUT2D eigenvalue weighted by Gasteiger charge is -2.35. The molecular formula is C29H35ClN2O5S. The van der Waals surface area contributed by atoms with Gasteiger partial charge in [0, 0.05) is 35.7 Å². The van der Waals surface area contributed by atoms with Gasteiger partial charge in [-0.3, -0.25) is 14.1 Å². The van der Waals surface area contributed by atoms with Crippen LogP contribution >= 0.6 is 11.6 Å². The number of ether oxygens (including phenoxy) is 1. The molecule has 204 valence electrons. The quantitative estimate of drug-likeness (QED) is 0.386. The van der Waals surface area contributed by atoms with Gasteiger partial charge in [0.25, 0.3) is 0 Å². The van der Waals surface area contributed by atoms with Gasteiger partial charge in [-0.25, -0.2) is 4.21 Å². The molecule has 0 saturated carbocycles. The van der Waals surface area contributed by atoms with Gasteiger partial charge in [0.15, 0.2) is 0 Å². The van der Waals surface area contributed by atoms with E-state index in [0.717, 1.165) is 33.6 Å². The number of aromatic nitrogens is 1. The lowest BCUT2D eigenvalue weighted by Crippen LogP contribution is -2.30. The standard InChI is InChI=1S/C24H23ClN2O4S.C5H12O/c1-12-7-15-11-27(32(4)31)24-13(2)18(9-20(29)30)21(14(3)22(24)23(15)26-10-12)17-6-5-16(25)8-19(17)28;1-5(2,3)6-4/h5-8,10,28H,9,11H2,1-4H3,(H,29,30);1-4H3. The molecule has 0 fully saturated rings. The minimum absolute atomic E-state index is 0.0320. The number of hydrogen-bond donors (Lipinski definition) is 2. The van der Waals surface area contributed by atoms with Crippen LogP contribution in [0.25, 0.3) is 22.4 Å². The average molecular weight is 559 g/mol. The maximum Gasteiger partial charge on any atom is 0.307 e. The number of aliphatic carboxylic acids is 1. The Balaban J connectivity index is 0.000000599. The zero-order valence-electron chi connectivity index (χ0n) is 23.1. The lowest BCUT2D eigenvalue weighted by atomic mass is 9.82. The minimum Gasteiger partial charge on any atom is -0.507 e. The fourth-order valence-corrected chi connectivity index (χ4v) is 5.50. The first-order chi connectivity index (χ1) is 17.7. The first-order valence-electron chi connectivity index (χ1n) is 12.1. The smallest absolute Gasteiger partial charge is 0.307 e. The van der Waals surface area contributed by atoms with E-state index in [9.17, 15) is 19.2 Å². The van der Waals surface area contributed by atoms with Gasteiger partial charge in [0.05, 0.1) is 29.9 Å². The van der Waals surface area contributed by atoms with Crippen LogP contribution in [-0.2, 0) is 33.5 Å². The van der Waals surface area contributed by atoms with Gasteiger partial charge in [0.2, 0.25) is 0 Å². The molecule has 0 radical (unpaired) electrons. The summed E-state index contributed by atoms with van der Waals surface area (Å²) in [6, 6.07) is 6.83. The van der Waals surface area contributed by atoms with Crippen molar-refractivity contribution in [2.75, 3.05) is 17.7 Å². The van der Waals surface area contributed by atoms with Gasteiger partial charge in [-0.15, -0.1) is 0 Å². The van der Waals surface area contributed by atoms with E-state index in [-0.39, 0.29) is 17.8 Å². The van der Waals surface area contributed by atoms with Gasteiger partial charge < -0.3 is 14.9 Å². The van der Waals surface area contributed by atoms with Crippen molar-refractivity contribution in [2.24, 2.45) is 0 Å². The summed E-state index contributed by atoms with van der Waals surface area (Å²) in [6.45, 7) is 12.2. The lowest BCUT2D eigenvalue weighted by molar-refractivity contribution is -0.136. The van der Waals surface area contributed by atoms with Gasteiger partial charge in [-0.2, -0.15) is 0 Å². The van der Waals surface area contributed by atoms with Crippen molar-refractivity contribution in [3.8, 4) is 28.1 Å². The van der Waals surface area contributed by atoms with Crippen molar-refractivity contribution in [3.05, 3.63) is 63.3 Å². The maximum atomic E-state index is 12.7. The monoisotopic (exact) mass is 558 g/mol. The number of benzene rings is 2. The van der Waals surface area contributed by atoms with E-state index in [1.54, 1.807) is 36.0 Å². The van der Waals surface area contributed by atoms with E-state index in [1.165, 1.54) is 6.07 Å². The number of carboxylic acid groups (broad SMARTS) is 1. The number of phenolic OH excluding ortho intramolecular Hbond substituents is 1. The molecule has 2 heterocycles. The largest absolute Gasteiger partial charge is 0.507 e. The predicted molar refractivity (Wildman–Crippen MR) is 154 cm³/mol. The Hall–Kier alpha value is -2.94. The Labute approximate surface area is 232 Å². The molecule has 1 aliphatic rings. The van der Waals surface area contributed by atoms with Crippen molar-refractivity contribution < 1.29 is 24.0 Å². The van der Waals surface area contributed by atoms with Crippen LogP contribution in [0.2, 0.25) is 5.02 Å². The van der Waals surface area contributed by atoms with E-state index in [0.29, 0.717) is 33.8 Å². The number of methoxy groups -OCH3 is 1. The first kappa shape index (κ1) is 29.6. The minimum atomic E-state index is -1.33. The third kappa shape index (κ3) is 6.20. The molecule has 0 bridgehead atoms. The van der Waals surface area contributed by atoms with Crippen LogP contribution in [0.5, 0.6) is 5.75 Å². The molecule has 7 nitrogen and oxygen atoms in total. The van der Waals surface area contributed by atoms with Crippen molar-refractivity contribution >= 4 is 34.2 Å². The second-order valence-electron chi connectivity index (χ2n) is 10.4. The van der Waals surface area contributed by atoms with Crippen LogP contribution < -0.4 is 4.31 Å². The predicted octanol–water partition coefficient (Wildman–Crippen LogP) is 6.37. The summed E-state index contributed by atoms with van der Waals surface area (Å²) in [5, 5.41) is 20.7. The van der Waals surface area contributed by atoms with Gasteiger partial charge in [0.1, 0.15) is 16.7 Å². The Morgan fingerprint density at radius 2 is 1.79 bits per heavy atom. The summed E-state index contributed by atoms with van der Waals surface area (Å²) in [5.74, 6) is -1.02. The molecule has 1 unspecified atom stereocenters. The zero-order valence-corrected chi connectivity index (χ0v) is 24.7. The second kappa shape index (κ2) is 11.4. The molecule has 2 N–H and O–H groups in total. The molecule has 0 saturated heterocycles. The van der Waals surface area contributed by atoms with Crippen LogP contribution in [0.1, 0.15) is 48.6 Å². The molecule has 1 aromatic heterocycles. The van der Waals surface area contributed by atoms with Crippen LogP contribution in [0.4, 0.5) is 5.69 Å². The van der Waals surface area contributed by atoms with E-state index >= 15 is 0 Å². The highest BCUT2D eigenvalue weighted by molar-refractivity contribution is 7.85. The van der Waals surface area contributed by atoms with E-state index < -0.39 is 17.0 Å². The second-order valence-corrected chi connectivity index (χ2v) is 12.1. The number of rotatable bonds is 4. The van der Waals surface area contributed by atoms with Gasteiger partial charge >= 0.3 is 5.97 Å². The Kier molecular flexibility index (Phi) is 8.91. The molecule has 0 spiro atoms. The summed E-state index contributed by atoms with van der Waals surface area (Å²) in [5.41, 5.74) is 7.48. The first-order valence-corrected chi connectivity index (χ1v) is 14.0. The van der Waals surface area contributed by atoms with Gasteiger partial charge in [-0.05, 0) is 93.1 Å².